The van der Waals surface area contributed by atoms with Gasteiger partial charge in [0.05, 0.1) is 19.6 Å². The van der Waals surface area contributed by atoms with Gasteiger partial charge in [-0.25, -0.2) is 0 Å². The molecule has 110 valence electrons. The Kier molecular flexibility index (Phi) is 5.35. The van der Waals surface area contributed by atoms with E-state index in [9.17, 15) is 9.90 Å². The number of para-hydroxylation sites is 1. The third-order valence-corrected chi connectivity index (χ3v) is 3.08. The van der Waals surface area contributed by atoms with Crippen LogP contribution in [-0.4, -0.2) is 17.6 Å². The number of aryl methyl sites for hydroxylation is 1. The summed E-state index contributed by atoms with van der Waals surface area (Å²) in [6, 6.07) is 14.9. The van der Waals surface area contributed by atoms with Gasteiger partial charge in [-0.05, 0) is 25.1 Å². The van der Waals surface area contributed by atoms with Crippen molar-refractivity contribution in [1.29, 1.82) is 0 Å². The van der Waals surface area contributed by atoms with Gasteiger partial charge in [0.25, 0.3) is 0 Å². The van der Waals surface area contributed by atoms with E-state index in [1.807, 2.05) is 43.3 Å². The van der Waals surface area contributed by atoms with Gasteiger partial charge >= 0.3 is 0 Å². The second-order valence-electron chi connectivity index (χ2n) is 4.77. The van der Waals surface area contributed by atoms with Crippen LogP contribution >= 0.6 is 0 Å². The van der Waals surface area contributed by atoms with Crippen LogP contribution in [0.3, 0.4) is 0 Å². The zero-order valence-electron chi connectivity index (χ0n) is 12.0. The Morgan fingerprint density at radius 2 is 1.86 bits per heavy atom. The summed E-state index contributed by atoms with van der Waals surface area (Å²) in [5.74, 6) is 0.618. The summed E-state index contributed by atoms with van der Waals surface area (Å²) < 4.78 is 5.52. The molecule has 4 nitrogen and oxygen atoms in total. The normalized spacial score (nSPS) is 10.2. The lowest BCUT2D eigenvalue weighted by Crippen LogP contribution is -2.16. The molecule has 2 aromatic carbocycles. The predicted molar refractivity (Wildman–Crippen MR) is 82.3 cm³/mol. The highest BCUT2D eigenvalue weighted by Crippen LogP contribution is 2.15. The molecule has 0 spiro atoms. The van der Waals surface area contributed by atoms with Crippen molar-refractivity contribution in [1.82, 2.24) is 0 Å². The van der Waals surface area contributed by atoms with Crippen molar-refractivity contribution in [3.05, 3.63) is 59.7 Å². The van der Waals surface area contributed by atoms with Crippen LogP contribution < -0.4 is 10.1 Å². The van der Waals surface area contributed by atoms with E-state index >= 15 is 0 Å². The quantitative estimate of drug-likeness (QED) is 0.858. The van der Waals surface area contributed by atoms with Crippen molar-refractivity contribution in [3.8, 4) is 5.75 Å². The fourth-order valence-corrected chi connectivity index (χ4v) is 1.89. The van der Waals surface area contributed by atoms with Gasteiger partial charge in [-0.15, -0.1) is 0 Å². The monoisotopic (exact) mass is 285 g/mol. The molecule has 0 fully saturated rings. The topological polar surface area (TPSA) is 58.6 Å². The number of hydrogen-bond acceptors (Lipinski definition) is 3. The van der Waals surface area contributed by atoms with E-state index in [4.69, 9.17) is 4.74 Å². The largest absolute Gasteiger partial charge is 0.493 e. The summed E-state index contributed by atoms with van der Waals surface area (Å²) in [5, 5.41) is 12.0. The van der Waals surface area contributed by atoms with Crippen molar-refractivity contribution < 1.29 is 14.6 Å². The van der Waals surface area contributed by atoms with Gasteiger partial charge in [0, 0.05) is 11.3 Å². The third-order valence-electron chi connectivity index (χ3n) is 3.08. The molecular formula is C17H19NO3. The van der Waals surface area contributed by atoms with E-state index in [1.54, 1.807) is 12.1 Å². The summed E-state index contributed by atoms with van der Waals surface area (Å²) in [6.07, 6.45) is 0.258. The van der Waals surface area contributed by atoms with Crippen molar-refractivity contribution >= 4 is 11.6 Å². The number of carbonyl (C=O) groups excluding carboxylic acids is 1. The Labute approximate surface area is 124 Å². The molecule has 0 atom stereocenters. The van der Waals surface area contributed by atoms with Gasteiger partial charge in [-0.3, -0.25) is 4.79 Å². The number of aliphatic hydroxyl groups excluding tert-OH is 1. The minimum absolute atomic E-state index is 0.101. The van der Waals surface area contributed by atoms with Crippen LogP contribution in [0.25, 0.3) is 0 Å². The second-order valence-corrected chi connectivity index (χ2v) is 4.77. The van der Waals surface area contributed by atoms with Crippen molar-refractivity contribution in [2.45, 2.75) is 20.0 Å². The standard InChI is InChI=1S/C17H19NO3/c1-13-6-8-15(9-7-13)21-11-10-17(20)18-16-5-3-2-4-14(16)12-19/h2-9,19H,10-12H2,1H3,(H,18,20). The van der Waals surface area contributed by atoms with Gasteiger partial charge in [0.1, 0.15) is 5.75 Å². The van der Waals surface area contributed by atoms with E-state index in [1.165, 1.54) is 5.56 Å². The maximum atomic E-state index is 11.9. The molecule has 0 saturated carbocycles. The van der Waals surface area contributed by atoms with Crippen molar-refractivity contribution in [2.75, 3.05) is 11.9 Å². The van der Waals surface area contributed by atoms with Gasteiger partial charge in [-0.1, -0.05) is 35.9 Å². The summed E-state index contributed by atoms with van der Waals surface area (Å²) in [7, 11) is 0. The molecule has 0 aliphatic heterocycles. The molecule has 0 aromatic heterocycles. The van der Waals surface area contributed by atoms with Crippen LogP contribution in [0.4, 0.5) is 5.69 Å². The molecule has 2 N–H and O–H groups in total. The maximum absolute atomic E-state index is 11.9. The highest BCUT2D eigenvalue weighted by molar-refractivity contribution is 5.91. The number of rotatable bonds is 6. The molecule has 0 aliphatic carbocycles. The van der Waals surface area contributed by atoms with Crippen LogP contribution in [-0.2, 0) is 11.4 Å². The molecule has 1 amide bonds. The molecule has 2 rings (SSSR count). The van der Waals surface area contributed by atoms with Gasteiger partial charge in [-0.2, -0.15) is 0 Å². The first kappa shape index (κ1) is 15.1. The number of hydrogen-bond donors (Lipinski definition) is 2. The fourth-order valence-electron chi connectivity index (χ4n) is 1.89. The number of carbonyl (C=O) groups is 1. The molecule has 0 aliphatic rings. The minimum Gasteiger partial charge on any atom is -0.493 e. The lowest BCUT2D eigenvalue weighted by atomic mass is 10.2. The van der Waals surface area contributed by atoms with Crippen LogP contribution in [0.15, 0.2) is 48.5 Å². The Hall–Kier alpha value is -2.33. The van der Waals surface area contributed by atoms with Crippen molar-refractivity contribution in [3.63, 3.8) is 0 Å². The number of anilines is 1. The lowest BCUT2D eigenvalue weighted by molar-refractivity contribution is -0.116. The second kappa shape index (κ2) is 7.45. The summed E-state index contributed by atoms with van der Waals surface area (Å²) in [6.45, 7) is 2.22. The van der Waals surface area contributed by atoms with Crippen LogP contribution in [0.1, 0.15) is 17.5 Å². The smallest absolute Gasteiger partial charge is 0.227 e. The van der Waals surface area contributed by atoms with Crippen LogP contribution in [0.5, 0.6) is 5.75 Å². The highest BCUT2D eigenvalue weighted by atomic mass is 16.5. The van der Waals surface area contributed by atoms with Gasteiger partial charge in [0.2, 0.25) is 5.91 Å². The molecule has 0 bridgehead atoms. The molecule has 0 heterocycles. The van der Waals surface area contributed by atoms with E-state index in [2.05, 4.69) is 5.32 Å². The minimum atomic E-state index is -0.136. The van der Waals surface area contributed by atoms with Crippen molar-refractivity contribution in [2.24, 2.45) is 0 Å². The first-order valence-electron chi connectivity index (χ1n) is 6.87. The molecule has 4 heteroatoms. The van der Waals surface area contributed by atoms with Crippen LogP contribution in [0.2, 0.25) is 0 Å². The predicted octanol–water partition coefficient (Wildman–Crippen LogP) is 2.89. The Morgan fingerprint density at radius 1 is 1.14 bits per heavy atom. The van der Waals surface area contributed by atoms with Crippen LogP contribution in [0, 0.1) is 6.92 Å². The molecule has 2 aromatic rings. The highest BCUT2D eigenvalue weighted by Gasteiger charge is 2.06. The Bertz CT molecular complexity index is 593. The SMILES string of the molecule is Cc1ccc(OCCC(=O)Nc2ccccc2CO)cc1. The lowest BCUT2D eigenvalue weighted by Gasteiger charge is -2.10. The van der Waals surface area contributed by atoms with Gasteiger partial charge < -0.3 is 15.2 Å². The Morgan fingerprint density at radius 3 is 2.57 bits per heavy atom. The van der Waals surface area contributed by atoms with E-state index in [-0.39, 0.29) is 18.9 Å². The zero-order valence-corrected chi connectivity index (χ0v) is 12.0. The molecular weight excluding hydrogens is 266 g/mol. The summed E-state index contributed by atoms with van der Waals surface area (Å²) >= 11 is 0. The maximum Gasteiger partial charge on any atom is 0.227 e. The number of amides is 1. The molecule has 0 unspecified atom stereocenters. The molecule has 0 saturated heterocycles. The fraction of sp³-hybridized carbons (Fsp3) is 0.235. The first-order chi connectivity index (χ1) is 10.2. The third kappa shape index (κ3) is 4.61. The molecule has 21 heavy (non-hydrogen) atoms. The summed E-state index contributed by atoms with van der Waals surface area (Å²) in [5.41, 5.74) is 2.51. The molecule has 0 radical (unpaired) electrons. The van der Waals surface area contributed by atoms with E-state index in [0.717, 1.165) is 5.75 Å². The average molecular weight is 285 g/mol. The first-order valence-corrected chi connectivity index (χ1v) is 6.87. The van der Waals surface area contributed by atoms with E-state index < -0.39 is 0 Å². The van der Waals surface area contributed by atoms with Gasteiger partial charge in [0.15, 0.2) is 0 Å². The number of aliphatic hydroxyl groups is 1. The number of ether oxygens (including phenoxy) is 1. The van der Waals surface area contributed by atoms with E-state index in [0.29, 0.717) is 17.9 Å². The Balaban J connectivity index is 1.81. The number of benzene rings is 2. The summed E-state index contributed by atoms with van der Waals surface area (Å²) in [4.78, 5) is 11.9. The zero-order chi connectivity index (χ0) is 15.1. The number of nitrogens with one attached hydrogen (secondary N) is 1. The average Bonchev–Trinajstić information content (AvgIpc) is 2.50.